The molecule has 13 heteroatoms. The van der Waals surface area contributed by atoms with Gasteiger partial charge in [0.1, 0.15) is 0 Å². The number of carbonyl (C=O) groups excluding carboxylic acids is 1. The minimum absolute atomic E-state index is 0.0407. The first-order valence-electron chi connectivity index (χ1n) is 7.61. The van der Waals surface area contributed by atoms with Crippen LogP contribution in [-0.4, -0.2) is 71.3 Å². The summed E-state index contributed by atoms with van der Waals surface area (Å²) in [5.74, 6) is -2.32. The van der Waals surface area contributed by atoms with E-state index in [0.29, 0.717) is 5.75 Å². The van der Waals surface area contributed by atoms with Crippen LogP contribution in [0.1, 0.15) is 13.8 Å². The van der Waals surface area contributed by atoms with E-state index in [0.717, 1.165) is 35.7 Å². The number of aromatic nitrogens is 2. The summed E-state index contributed by atoms with van der Waals surface area (Å²) in [4.78, 5) is 22.7. The lowest BCUT2D eigenvalue weighted by molar-refractivity contribution is -0.192. The molecule has 1 saturated heterocycles. The lowest BCUT2D eigenvalue weighted by atomic mass is 10.4. The third-order valence-corrected chi connectivity index (χ3v) is 4.92. The average Bonchev–Trinajstić information content (AvgIpc) is 3.02. The number of nitrogens with one attached hydrogen (secondary N) is 2. The van der Waals surface area contributed by atoms with Crippen LogP contribution < -0.4 is 15.5 Å². The van der Waals surface area contributed by atoms with Gasteiger partial charge < -0.3 is 20.6 Å². The summed E-state index contributed by atoms with van der Waals surface area (Å²) in [6, 6.07) is 0.180. The number of nitrogens with zero attached hydrogens (tertiary/aromatic N) is 3. The van der Waals surface area contributed by atoms with Gasteiger partial charge >= 0.3 is 12.1 Å². The number of hydrogen-bond donors (Lipinski definition) is 3. The zero-order valence-corrected chi connectivity index (χ0v) is 15.8. The van der Waals surface area contributed by atoms with Gasteiger partial charge in [-0.05, 0) is 13.8 Å². The third kappa shape index (κ3) is 8.67. The lowest BCUT2D eigenvalue weighted by Crippen LogP contribution is -2.43. The number of amides is 1. The molecule has 1 aliphatic heterocycles. The molecule has 8 nitrogen and oxygen atoms in total. The van der Waals surface area contributed by atoms with Gasteiger partial charge in [-0.25, -0.2) is 4.79 Å². The van der Waals surface area contributed by atoms with Gasteiger partial charge in [0.2, 0.25) is 11.0 Å². The summed E-state index contributed by atoms with van der Waals surface area (Å²) >= 11 is 3.01. The molecule has 0 saturated carbocycles. The van der Waals surface area contributed by atoms with E-state index in [-0.39, 0.29) is 11.9 Å². The molecule has 1 aromatic rings. The van der Waals surface area contributed by atoms with Gasteiger partial charge in [-0.1, -0.05) is 23.1 Å². The van der Waals surface area contributed by atoms with Gasteiger partial charge in [-0.2, -0.15) is 13.2 Å². The molecule has 2 heterocycles. The standard InChI is InChI=1S/C11H19N5OS2.C2HF3O2/c1-8(2)13-9(17)7-18-11-15-14-10(19-11)16-5-3-12-4-6-16;3-2(4,5)1(6)7/h8,12H,3-7H2,1-2H3,(H,13,17);(H,6,7). The average molecular weight is 415 g/mol. The van der Waals surface area contributed by atoms with Crippen molar-refractivity contribution in [1.82, 2.24) is 20.8 Å². The number of carbonyl (C=O) groups is 2. The van der Waals surface area contributed by atoms with Gasteiger partial charge in [-0.15, -0.1) is 10.2 Å². The van der Waals surface area contributed by atoms with Crippen molar-refractivity contribution in [3.05, 3.63) is 0 Å². The van der Waals surface area contributed by atoms with Crippen molar-refractivity contribution in [2.45, 2.75) is 30.4 Å². The summed E-state index contributed by atoms with van der Waals surface area (Å²) in [6.45, 7) is 7.81. The topological polar surface area (TPSA) is 107 Å². The molecular weight excluding hydrogens is 395 g/mol. The molecule has 1 amide bonds. The molecule has 1 aromatic heterocycles. The molecule has 0 aliphatic carbocycles. The van der Waals surface area contributed by atoms with E-state index >= 15 is 0 Å². The number of aliphatic carboxylic acids is 1. The Bertz CT molecular complexity index is 592. The Labute approximate surface area is 156 Å². The Balaban J connectivity index is 0.000000412. The molecule has 1 fully saturated rings. The second kappa shape index (κ2) is 10.5. The first kappa shape index (κ1) is 22.4. The molecular formula is C13H20F3N5O3S2. The zero-order valence-electron chi connectivity index (χ0n) is 14.2. The number of thioether (sulfide) groups is 1. The van der Waals surface area contributed by atoms with E-state index in [1.807, 2.05) is 13.8 Å². The predicted molar refractivity (Wildman–Crippen MR) is 92.7 cm³/mol. The van der Waals surface area contributed by atoms with Crippen LogP contribution in [0.15, 0.2) is 4.34 Å². The second-order valence-corrected chi connectivity index (χ2v) is 7.58. The van der Waals surface area contributed by atoms with E-state index < -0.39 is 12.1 Å². The fraction of sp³-hybridized carbons (Fsp3) is 0.692. The number of anilines is 1. The number of rotatable bonds is 5. The molecule has 0 radical (unpaired) electrons. The van der Waals surface area contributed by atoms with Crippen LogP contribution in [-0.2, 0) is 9.59 Å². The Morgan fingerprint density at radius 1 is 1.35 bits per heavy atom. The highest BCUT2D eigenvalue weighted by molar-refractivity contribution is 8.01. The van der Waals surface area contributed by atoms with Crippen LogP contribution in [0.25, 0.3) is 0 Å². The normalized spacial score (nSPS) is 14.6. The molecule has 2 rings (SSSR count). The van der Waals surface area contributed by atoms with Crippen molar-refractivity contribution >= 4 is 40.1 Å². The SMILES string of the molecule is CC(C)NC(=O)CSc1nnc(N2CCNCC2)s1.O=C(O)C(F)(F)F. The number of halogens is 3. The smallest absolute Gasteiger partial charge is 0.475 e. The maximum absolute atomic E-state index is 11.5. The molecule has 0 bridgehead atoms. The molecule has 3 N–H and O–H groups in total. The van der Waals surface area contributed by atoms with Crippen LogP contribution in [0.4, 0.5) is 18.3 Å². The van der Waals surface area contributed by atoms with Gasteiger partial charge in [0, 0.05) is 32.2 Å². The number of carboxylic acid groups (broad SMARTS) is 1. The van der Waals surface area contributed by atoms with Crippen LogP contribution in [0.5, 0.6) is 0 Å². The van der Waals surface area contributed by atoms with E-state index in [9.17, 15) is 18.0 Å². The lowest BCUT2D eigenvalue weighted by Gasteiger charge is -2.26. The molecule has 1 aliphatic rings. The van der Waals surface area contributed by atoms with Crippen molar-refractivity contribution in [1.29, 1.82) is 0 Å². The first-order valence-corrected chi connectivity index (χ1v) is 9.41. The number of carboxylic acids is 1. The first-order chi connectivity index (χ1) is 12.1. The molecule has 148 valence electrons. The van der Waals surface area contributed by atoms with Gasteiger partial charge in [0.05, 0.1) is 5.75 Å². The van der Waals surface area contributed by atoms with Crippen LogP contribution in [0.3, 0.4) is 0 Å². The third-order valence-electron chi connectivity index (χ3n) is 2.80. The fourth-order valence-corrected chi connectivity index (χ4v) is 3.44. The molecule has 0 unspecified atom stereocenters. The van der Waals surface area contributed by atoms with Gasteiger partial charge in [-0.3, -0.25) is 4.79 Å². The summed E-state index contributed by atoms with van der Waals surface area (Å²) < 4.78 is 32.6. The van der Waals surface area contributed by atoms with Gasteiger partial charge in [0.25, 0.3) is 0 Å². The molecule has 26 heavy (non-hydrogen) atoms. The molecule has 0 aromatic carbocycles. The molecule has 0 spiro atoms. The monoisotopic (exact) mass is 415 g/mol. The van der Waals surface area contributed by atoms with Crippen molar-refractivity contribution in [2.75, 3.05) is 36.8 Å². The van der Waals surface area contributed by atoms with Crippen molar-refractivity contribution < 1.29 is 27.9 Å². The summed E-state index contributed by atoms with van der Waals surface area (Å²) in [5.41, 5.74) is 0. The zero-order chi connectivity index (χ0) is 19.7. The Morgan fingerprint density at radius 2 is 1.92 bits per heavy atom. The Morgan fingerprint density at radius 3 is 2.42 bits per heavy atom. The minimum Gasteiger partial charge on any atom is -0.475 e. The Kier molecular flexibility index (Phi) is 9.08. The number of hydrogen-bond acceptors (Lipinski definition) is 8. The highest BCUT2D eigenvalue weighted by Crippen LogP contribution is 2.27. The quantitative estimate of drug-likeness (QED) is 0.616. The number of alkyl halides is 3. The summed E-state index contributed by atoms with van der Waals surface area (Å²) in [6.07, 6.45) is -5.08. The van der Waals surface area contributed by atoms with Crippen LogP contribution in [0, 0.1) is 0 Å². The van der Waals surface area contributed by atoms with E-state index in [2.05, 4.69) is 25.7 Å². The van der Waals surface area contributed by atoms with E-state index in [4.69, 9.17) is 9.90 Å². The maximum atomic E-state index is 11.5. The molecule has 0 atom stereocenters. The largest absolute Gasteiger partial charge is 0.490 e. The number of piperazine rings is 1. The highest BCUT2D eigenvalue weighted by atomic mass is 32.2. The predicted octanol–water partition coefficient (Wildman–Crippen LogP) is 1.20. The van der Waals surface area contributed by atoms with Crippen molar-refractivity contribution in [3.63, 3.8) is 0 Å². The maximum Gasteiger partial charge on any atom is 0.490 e. The van der Waals surface area contributed by atoms with Crippen molar-refractivity contribution in [3.8, 4) is 0 Å². The van der Waals surface area contributed by atoms with E-state index in [1.165, 1.54) is 11.8 Å². The van der Waals surface area contributed by atoms with Crippen molar-refractivity contribution in [2.24, 2.45) is 0 Å². The van der Waals surface area contributed by atoms with E-state index in [1.54, 1.807) is 11.3 Å². The van der Waals surface area contributed by atoms with Crippen LogP contribution >= 0.6 is 23.1 Å². The summed E-state index contributed by atoms with van der Waals surface area (Å²) in [7, 11) is 0. The Hall–Kier alpha value is -1.60. The second-order valence-electron chi connectivity index (χ2n) is 5.40. The van der Waals surface area contributed by atoms with Gasteiger partial charge in [0.15, 0.2) is 4.34 Å². The fourth-order valence-electron chi connectivity index (χ4n) is 1.74. The minimum atomic E-state index is -5.08. The van der Waals surface area contributed by atoms with Crippen LogP contribution in [0.2, 0.25) is 0 Å². The summed E-state index contributed by atoms with van der Waals surface area (Å²) in [5, 5.41) is 22.6. The highest BCUT2D eigenvalue weighted by Gasteiger charge is 2.38.